The molecular formula is C39H24BrN3. The Bertz CT molecular complexity index is 2520. The molecule has 0 radical (unpaired) electrons. The minimum atomic E-state index is 0.955. The fourth-order valence-electron chi connectivity index (χ4n) is 6.68. The van der Waals surface area contributed by atoms with Crippen LogP contribution >= 0.6 is 15.9 Å². The van der Waals surface area contributed by atoms with Gasteiger partial charge in [0.25, 0.3) is 0 Å². The molecule has 43 heavy (non-hydrogen) atoms. The topological polar surface area (TPSA) is 22.2 Å². The molecule has 3 aromatic heterocycles. The molecule has 9 rings (SSSR count). The Hall–Kier alpha value is -5.19. The minimum absolute atomic E-state index is 0.955. The van der Waals surface area contributed by atoms with Crippen molar-refractivity contribution >= 4 is 65.1 Å². The van der Waals surface area contributed by atoms with Gasteiger partial charge in [-0.25, -0.2) is 4.98 Å². The third-order valence-corrected chi connectivity index (χ3v) is 9.19. The number of pyridine rings is 1. The first kappa shape index (κ1) is 24.4. The molecule has 0 fully saturated rings. The highest BCUT2D eigenvalue weighted by Crippen LogP contribution is 2.38. The van der Waals surface area contributed by atoms with Gasteiger partial charge in [-0.3, -0.25) is 4.40 Å². The average Bonchev–Trinajstić information content (AvgIpc) is 3.63. The van der Waals surface area contributed by atoms with Gasteiger partial charge in [-0.1, -0.05) is 97.1 Å². The zero-order chi connectivity index (χ0) is 28.5. The van der Waals surface area contributed by atoms with E-state index in [1.807, 2.05) is 6.20 Å². The van der Waals surface area contributed by atoms with Crippen LogP contribution in [0.5, 0.6) is 0 Å². The third kappa shape index (κ3) is 3.70. The average molecular weight is 615 g/mol. The molecule has 0 amide bonds. The van der Waals surface area contributed by atoms with Crippen molar-refractivity contribution in [3.05, 3.63) is 150 Å². The summed E-state index contributed by atoms with van der Waals surface area (Å²) in [5.41, 5.74) is 10.5. The van der Waals surface area contributed by atoms with E-state index in [4.69, 9.17) is 4.98 Å². The fourth-order valence-corrected chi connectivity index (χ4v) is 7.14. The Balaban J connectivity index is 1.26. The van der Waals surface area contributed by atoms with Gasteiger partial charge < -0.3 is 4.57 Å². The first-order chi connectivity index (χ1) is 21.2. The van der Waals surface area contributed by atoms with Gasteiger partial charge >= 0.3 is 0 Å². The monoisotopic (exact) mass is 613 g/mol. The van der Waals surface area contributed by atoms with Gasteiger partial charge in [0.1, 0.15) is 10.3 Å². The molecular weight excluding hydrogens is 590 g/mol. The normalized spacial score (nSPS) is 11.8. The quantitative estimate of drug-likeness (QED) is 0.182. The molecule has 0 aliphatic rings. The Morgan fingerprint density at radius 3 is 1.86 bits per heavy atom. The van der Waals surface area contributed by atoms with E-state index in [0.717, 1.165) is 26.8 Å². The molecule has 0 unspecified atom stereocenters. The number of hydrogen-bond donors (Lipinski definition) is 0. The summed E-state index contributed by atoms with van der Waals surface area (Å²) in [6, 6.07) is 50.3. The van der Waals surface area contributed by atoms with Gasteiger partial charge in [-0.2, -0.15) is 0 Å². The van der Waals surface area contributed by atoms with Gasteiger partial charge in [0.15, 0.2) is 0 Å². The number of halogens is 1. The van der Waals surface area contributed by atoms with Crippen molar-refractivity contribution in [1.82, 2.24) is 14.0 Å². The zero-order valence-corrected chi connectivity index (χ0v) is 24.7. The molecule has 0 N–H and O–H groups in total. The predicted octanol–water partition coefficient (Wildman–Crippen LogP) is 10.8. The summed E-state index contributed by atoms with van der Waals surface area (Å²) >= 11 is 3.72. The maximum absolute atomic E-state index is 4.70. The van der Waals surface area contributed by atoms with E-state index in [-0.39, 0.29) is 0 Å². The highest BCUT2D eigenvalue weighted by molar-refractivity contribution is 9.10. The maximum Gasteiger partial charge on any atom is 0.146 e. The maximum atomic E-state index is 4.70. The summed E-state index contributed by atoms with van der Waals surface area (Å²) in [6.07, 6.45) is 1.88. The molecule has 202 valence electrons. The standard InChI is InChI=1S/C39H24BrN3/c40-38-24-41-39-32-15-5-4-13-30(32)33-22-27(18-20-37(33)43(38)39)28-17-19-36-34(23-28)31-14-6-7-16-35(31)42(36)29-12-8-11-26(21-29)25-9-2-1-3-10-25/h1-24H. The van der Waals surface area contributed by atoms with Crippen molar-refractivity contribution in [3.8, 4) is 27.9 Å². The molecule has 0 spiro atoms. The van der Waals surface area contributed by atoms with E-state index in [1.54, 1.807) is 0 Å². The number of benzene rings is 6. The number of hydrogen-bond acceptors (Lipinski definition) is 1. The van der Waals surface area contributed by atoms with E-state index >= 15 is 0 Å². The third-order valence-electron chi connectivity index (χ3n) is 8.63. The number of rotatable bonds is 3. The molecule has 0 saturated carbocycles. The summed E-state index contributed by atoms with van der Waals surface area (Å²) < 4.78 is 5.54. The minimum Gasteiger partial charge on any atom is -0.309 e. The second-order valence-electron chi connectivity index (χ2n) is 11.0. The van der Waals surface area contributed by atoms with Crippen LogP contribution in [-0.4, -0.2) is 14.0 Å². The van der Waals surface area contributed by atoms with E-state index < -0.39 is 0 Å². The van der Waals surface area contributed by atoms with Gasteiger partial charge in [0, 0.05) is 27.2 Å². The molecule has 6 aromatic carbocycles. The fraction of sp³-hybridized carbons (Fsp3) is 0. The lowest BCUT2D eigenvalue weighted by Crippen LogP contribution is -1.94. The number of aromatic nitrogens is 3. The number of nitrogens with zero attached hydrogens (tertiary/aromatic N) is 3. The van der Waals surface area contributed by atoms with Crippen LogP contribution < -0.4 is 0 Å². The Morgan fingerprint density at radius 2 is 1.05 bits per heavy atom. The number of para-hydroxylation sites is 1. The van der Waals surface area contributed by atoms with E-state index in [0.29, 0.717) is 0 Å². The molecule has 0 bridgehead atoms. The van der Waals surface area contributed by atoms with Gasteiger partial charge in [0.05, 0.1) is 22.7 Å². The van der Waals surface area contributed by atoms with Crippen LogP contribution in [0.1, 0.15) is 0 Å². The van der Waals surface area contributed by atoms with Crippen LogP contribution in [0.4, 0.5) is 0 Å². The summed E-state index contributed by atoms with van der Waals surface area (Å²) in [5, 5.41) is 6.06. The predicted molar refractivity (Wildman–Crippen MR) is 183 cm³/mol. The van der Waals surface area contributed by atoms with Gasteiger partial charge in [-0.15, -0.1) is 0 Å². The van der Waals surface area contributed by atoms with Crippen LogP contribution in [0.3, 0.4) is 0 Å². The van der Waals surface area contributed by atoms with Crippen molar-refractivity contribution in [1.29, 1.82) is 0 Å². The summed E-state index contributed by atoms with van der Waals surface area (Å²) in [5.74, 6) is 0. The lowest BCUT2D eigenvalue weighted by atomic mass is 9.98. The van der Waals surface area contributed by atoms with Crippen molar-refractivity contribution < 1.29 is 0 Å². The van der Waals surface area contributed by atoms with Gasteiger partial charge in [-0.05, 0) is 86.0 Å². The Morgan fingerprint density at radius 1 is 0.442 bits per heavy atom. The molecule has 0 aliphatic carbocycles. The molecule has 3 nitrogen and oxygen atoms in total. The summed E-state index contributed by atoms with van der Waals surface area (Å²) in [4.78, 5) is 4.70. The lowest BCUT2D eigenvalue weighted by molar-refractivity contribution is 1.18. The second kappa shape index (κ2) is 9.41. The molecule has 0 saturated heterocycles. The molecule has 3 heterocycles. The van der Waals surface area contributed by atoms with Crippen LogP contribution in [0.15, 0.2) is 150 Å². The van der Waals surface area contributed by atoms with Crippen molar-refractivity contribution in [2.45, 2.75) is 0 Å². The molecule has 0 aliphatic heterocycles. The number of imidazole rings is 1. The lowest BCUT2D eigenvalue weighted by Gasteiger charge is -2.12. The smallest absolute Gasteiger partial charge is 0.146 e. The van der Waals surface area contributed by atoms with E-state index in [9.17, 15) is 0 Å². The first-order valence-electron chi connectivity index (χ1n) is 14.4. The van der Waals surface area contributed by atoms with Crippen LogP contribution in [-0.2, 0) is 0 Å². The van der Waals surface area contributed by atoms with Crippen molar-refractivity contribution in [2.24, 2.45) is 0 Å². The van der Waals surface area contributed by atoms with E-state index in [1.165, 1.54) is 54.8 Å². The first-order valence-corrected chi connectivity index (χ1v) is 15.2. The summed E-state index contributed by atoms with van der Waals surface area (Å²) in [7, 11) is 0. The van der Waals surface area contributed by atoms with Crippen LogP contribution in [0, 0.1) is 0 Å². The van der Waals surface area contributed by atoms with Gasteiger partial charge in [0.2, 0.25) is 0 Å². The van der Waals surface area contributed by atoms with Crippen LogP contribution in [0.25, 0.3) is 77.1 Å². The number of fused-ring (bicyclic) bond motifs is 9. The molecule has 9 aromatic rings. The largest absolute Gasteiger partial charge is 0.309 e. The zero-order valence-electron chi connectivity index (χ0n) is 23.1. The Labute approximate surface area is 256 Å². The highest BCUT2D eigenvalue weighted by atomic mass is 79.9. The SMILES string of the molecule is Brc1cnc2c3ccccc3c3cc(-c4ccc5c(c4)c4ccccc4n5-c4cccc(-c5ccccc5)c4)ccc3n12. The van der Waals surface area contributed by atoms with E-state index in [2.05, 4.69) is 164 Å². The molecule has 0 atom stereocenters. The highest BCUT2D eigenvalue weighted by Gasteiger charge is 2.16. The van der Waals surface area contributed by atoms with Crippen molar-refractivity contribution in [2.75, 3.05) is 0 Å². The Kier molecular flexibility index (Phi) is 5.34. The second-order valence-corrected chi connectivity index (χ2v) is 11.8. The molecule has 4 heteroatoms. The summed E-state index contributed by atoms with van der Waals surface area (Å²) in [6.45, 7) is 0. The van der Waals surface area contributed by atoms with Crippen LogP contribution in [0.2, 0.25) is 0 Å². The van der Waals surface area contributed by atoms with Crippen molar-refractivity contribution in [3.63, 3.8) is 0 Å².